The Balaban J connectivity index is 1.34. The third kappa shape index (κ3) is 5.34. The molecule has 5 heterocycles. The summed E-state index contributed by atoms with van der Waals surface area (Å²) in [6.07, 6.45) is 4.38. The molecule has 214 valence electrons. The first kappa shape index (κ1) is 27.4. The predicted octanol–water partition coefficient (Wildman–Crippen LogP) is 3.98. The molecule has 2 fully saturated rings. The number of likely N-dealkylation sites (N-methyl/N-ethyl adjacent to an activating group) is 1. The van der Waals surface area contributed by atoms with E-state index >= 15 is 4.39 Å². The number of rotatable bonds is 7. The minimum absolute atomic E-state index is 0.167. The molecule has 0 bridgehead atoms. The Kier molecular flexibility index (Phi) is 7.77. The molecular weight excluding hydrogens is 541 g/mol. The van der Waals surface area contributed by atoms with Crippen molar-refractivity contribution in [1.82, 2.24) is 19.8 Å². The maximum atomic E-state index is 15.2. The quantitative estimate of drug-likeness (QED) is 0.391. The molecule has 0 aliphatic carbocycles. The summed E-state index contributed by atoms with van der Waals surface area (Å²) in [4.78, 5) is 30.5. The van der Waals surface area contributed by atoms with E-state index in [0.29, 0.717) is 63.5 Å². The molecule has 6 rings (SSSR count). The lowest BCUT2D eigenvalue weighted by molar-refractivity contribution is -0.128. The van der Waals surface area contributed by atoms with Crippen LogP contribution in [0.1, 0.15) is 30.5 Å². The molecule has 3 aliphatic rings. The molecule has 9 nitrogen and oxygen atoms in total. The molecule has 0 saturated carbocycles. The van der Waals surface area contributed by atoms with Gasteiger partial charge in [0.25, 0.3) is 0 Å². The topological polar surface area (TPSA) is 88.8 Å². The van der Waals surface area contributed by atoms with Crippen molar-refractivity contribution in [3.8, 4) is 12.1 Å². The van der Waals surface area contributed by atoms with E-state index < -0.39 is 0 Å². The summed E-state index contributed by atoms with van der Waals surface area (Å²) < 4.78 is 22.5. The minimum Gasteiger partial charge on any atom is -0.462 e. The van der Waals surface area contributed by atoms with Gasteiger partial charge in [0, 0.05) is 47.9 Å². The van der Waals surface area contributed by atoms with E-state index in [2.05, 4.69) is 34.4 Å². The van der Waals surface area contributed by atoms with Crippen LogP contribution in [0.2, 0.25) is 0 Å². The Labute approximate surface area is 243 Å². The number of nitrogens with zero attached hydrogens (tertiary/aromatic N) is 7. The second kappa shape index (κ2) is 11.6. The number of ether oxygens (including phenoxy) is 1. The van der Waals surface area contributed by atoms with Crippen molar-refractivity contribution in [3.63, 3.8) is 0 Å². The Hall–Kier alpha value is -3.75. The van der Waals surface area contributed by atoms with Crippen molar-refractivity contribution >= 4 is 38.8 Å². The Morgan fingerprint density at radius 2 is 2.10 bits per heavy atom. The fourth-order valence-corrected chi connectivity index (χ4v) is 7.11. The smallest absolute Gasteiger partial charge is 0.318 e. The van der Waals surface area contributed by atoms with Crippen LogP contribution in [-0.2, 0) is 17.8 Å². The number of aromatic nitrogens is 2. The summed E-state index contributed by atoms with van der Waals surface area (Å²) in [5, 5.41) is 12.4. The highest BCUT2D eigenvalue weighted by atomic mass is 32.1. The second-order valence-electron chi connectivity index (χ2n) is 10.9. The van der Waals surface area contributed by atoms with Crippen molar-refractivity contribution in [2.24, 2.45) is 0 Å². The molecule has 1 aromatic carbocycles. The van der Waals surface area contributed by atoms with E-state index in [1.54, 1.807) is 22.3 Å². The van der Waals surface area contributed by atoms with Crippen molar-refractivity contribution in [1.29, 1.82) is 5.26 Å². The van der Waals surface area contributed by atoms with Gasteiger partial charge in [0.15, 0.2) is 0 Å². The number of halogens is 1. The van der Waals surface area contributed by atoms with Gasteiger partial charge in [0.2, 0.25) is 5.91 Å². The van der Waals surface area contributed by atoms with Gasteiger partial charge in [0.1, 0.15) is 18.2 Å². The van der Waals surface area contributed by atoms with Gasteiger partial charge >= 0.3 is 6.01 Å². The fraction of sp³-hybridized carbons (Fsp3) is 0.467. The molecule has 0 spiro atoms. The molecule has 2 saturated heterocycles. The van der Waals surface area contributed by atoms with Crippen LogP contribution >= 0.6 is 11.3 Å². The minimum atomic E-state index is -0.272. The predicted molar refractivity (Wildman–Crippen MR) is 158 cm³/mol. The summed E-state index contributed by atoms with van der Waals surface area (Å²) in [5.41, 5.74) is 2.45. The van der Waals surface area contributed by atoms with Gasteiger partial charge < -0.3 is 24.3 Å². The van der Waals surface area contributed by atoms with Gasteiger partial charge in [-0.15, -0.1) is 11.3 Å². The number of anilines is 2. The number of nitriles is 1. The van der Waals surface area contributed by atoms with E-state index in [-0.39, 0.29) is 24.2 Å². The standard InChI is InChI=1S/C30H34FN7O2S/c1-3-27(39)38-15-14-37(17-20(38)8-11-32)29-22-9-13-36(28-23-10-16-41-26(23)7-6-24(28)31)18-25(22)33-30(34-29)40-19-21-5-4-12-35(21)2/h3,6-7,10,16,20-21H,1,4-5,8-9,12-15,17-19H2,2H3/t20-,21-/m0/s1. The van der Waals surface area contributed by atoms with Crippen LogP contribution < -0.4 is 14.5 Å². The first-order valence-electron chi connectivity index (χ1n) is 14.1. The lowest BCUT2D eigenvalue weighted by atomic mass is 10.0. The van der Waals surface area contributed by atoms with Gasteiger partial charge in [-0.05, 0) is 62.5 Å². The molecule has 0 unspecified atom stereocenters. The normalized spacial score (nSPS) is 21.1. The molecule has 3 aliphatic heterocycles. The zero-order chi connectivity index (χ0) is 28.5. The number of fused-ring (bicyclic) bond motifs is 2. The Morgan fingerprint density at radius 3 is 2.88 bits per heavy atom. The molecule has 2 aromatic heterocycles. The molecule has 11 heteroatoms. The van der Waals surface area contributed by atoms with E-state index in [1.807, 2.05) is 17.5 Å². The maximum absolute atomic E-state index is 15.2. The van der Waals surface area contributed by atoms with E-state index in [4.69, 9.17) is 14.7 Å². The van der Waals surface area contributed by atoms with Crippen molar-refractivity contribution in [3.05, 3.63) is 53.3 Å². The molecular formula is C30H34FN7O2S. The molecule has 0 radical (unpaired) electrons. The second-order valence-corrected chi connectivity index (χ2v) is 11.9. The van der Waals surface area contributed by atoms with Crippen LogP contribution in [0.5, 0.6) is 6.01 Å². The zero-order valence-electron chi connectivity index (χ0n) is 23.3. The average Bonchev–Trinajstić information content (AvgIpc) is 3.63. The van der Waals surface area contributed by atoms with E-state index in [1.165, 1.54) is 6.08 Å². The van der Waals surface area contributed by atoms with Gasteiger partial charge in [-0.25, -0.2) is 4.39 Å². The highest BCUT2D eigenvalue weighted by molar-refractivity contribution is 7.17. The number of likely N-dealkylation sites (tertiary alicyclic amines) is 1. The van der Waals surface area contributed by atoms with Crippen LogP contribution in [0.15, 0.2) is 36.2 Å². The van der Waals surface area contributed by atoms with Crippen molar-refractivity contribution in [2.75, 3.05) is 56.2 Å². The summed E-state index contributed by atoms with van der Waals surface area (Å²) in [7, 11) is 2.11. The highest BCUT2D eigenvalue weighted by Crippen LogP contribution is 2.37. The number of piperazine rings is 1. The van der Waals surface area contributed by atoms with Crippen LogP contribution in [0.4, 0.5) is 15.9 Å². The molecule has 1 amide bonds. The lowest BCUT2D eigenvalue weighted by Gasteiger charge is -2.42. The molecule has 3 aromatic rings. The Morgan fingerprint density at radius 1 is 1.22 bits per heavy atom. The zero-order valence-corrected chi connectivity index (χ0v) is 24.1. The number of hydrogen-bond acceptors (Lipinski definition) is 9. The van der Waals surface area contributed by atoms with Crippen LogP contribution in [0.3, 0.4) is 0 Å². The Bertz CT molecular complexity index is 1500. The first-order chi connectivity index (χ1) is 20.0. The van der Waals surface area contributed by atoms with E-state index in [9.17, 15) is 10.1 Å². The number of carbonyl (C=O) groups excluding carboxylic acids is 1. The van der Waals surface area contributed by atoms with Crippen LogP contribution in [0.25, 0.3) is 10.1 Å². The summed E-state index contributed by atoms with van der Waals surface area (Å²) in [6, 6.07) is 7.94. The van der Waals surface area contributed by atoms with Gasteiger partial charge in [0.05, 0.1) is 36.5 Å². The largest absolute Gasteiger partial charge is 0.462 e. The number of carbonyl (C=O) groups is 1. The monoisotopic (exact) mass is 575 g/mol. The number of thiophene rings is 1. The summed E-state index contributed by atoms with van der Waals surface area (Å²) in [6.45, 7) is 7.76. The SMILES string of the molecule is C=CC(=O)N1CCN(c2nc(OC[C@@H]3CCCN3C)nc3c2CCN(c2c(F)ccc4sccc24)C3)C[C@@H]1CC#N. The summed E-state index contributed by atoms with van der Waals surface area (Å²) in [5.74, 6) is 0.378. The van der Waals surface area contributed by atoms with Gasteiger partial charge in [-0.2, -0.15) is 15.2 Å². The summed E-state index contributed by atoms with van der Waals surface area (Å²) >= 11 is 1.60. The van der Waals surface area contributed by atoms with Crippen LogP contribution in [-0.4, -0.2) is 84.1 Å². The molecule has 0 N–H and O–H groups in total. The third-order valence-electron chi connectivity index (χ3n) is 8.54. The van der Waals surface area contributed by atoms with Gasteiger partial charge in [-0.3, -0.25) is 4.79 Å². The van der Waals surface area contributed by atoms with Crippen molar-refractivity contribution in [2.45, 2.75) is 44.3 Å². The molecule has 41 heavy (non-hydrogen) atoms. The maximum Gasteiger partial charge on any atom is 0.318 e. The molecule has 2 atom stereocenters. The van der Waals surface area contributed by atoms with E-state index in [0.717, 1.165) is 46.5 Å². The number of amides is 1. The highest BCUT2D eigenvalue weighted by Gasteiger charge is 2.34. The number of hydrogen-bond donors (Lipinski definition) is 0. The lowest BCUT2D eigenvalue weighted by Crippen LogP contribution is -2.55. The van der Waals surface area contributed by atoms with Crippen molar-refractivity contribution < 1.29 is 13.9 Å². The van der Waals surface area contributed by atoms with Crippen LogP contribution in [0, 0.1) is 17.1 Å². The van der Waals surface area contributed by atoms with Gasteiger partial charge in [-0.1, -0.05) is 6.58 Å². The fourth-order valence-electron chi connectivity index (χ4n) is 6.32. The first-order valence-corrected chi connectivity index (χ1v) is 15.0. The average molecular weight is 576 g/mol. The number of benzene rings is 1. The third-order valence-corrected chi connectivity index (χ3v) is 9.42.